The van der Waals surface area contributed by atoms with Crippen molar-refractivity contribution in [2.45, 2.75) is 52.0 Å². The Balaban J connectivity index is 1.61. The Morgan fingerprint density at radius 3 is 2.90 bits per heavy atom. The lowest BCUT2D eigenvalue weighted by Gasteiger charge is -2.22. The molecule has 2 heterocycles. The molecule has 1 aromatic heterocycles. The summed E-state index contributed by atoms with van der Waals surface area (Å²) in [5, 5.41) is 8.29. The number of nitrogens with zero attached hydrogens (tertiary/aromatic N) is 4. The summed E-state index contributed by atoms with van der Waals surface area (Å²) in [6.07, 6.45) is 8.44. The molecule has 0 atom stereocenters. The second-order valence-corrected chi connectivity index (χ2v) is 5.73. The van der Waals surface area contributed by atoms with Gasteiger partial charge in [0, 0.05) is 32.5 Å². The van der Waals surface area contributed by atoms with Gasteiger partial charge in [0.2, 0.25) is 5.91 Å². The number of hydrogen-bond acceptors (Lipinski definition) is 3. The van der Waals surface area contributed by atoms with Crippen molar-refractivity contribution in [1.29, 1.82) is 0 Å². The van der Waals surface area contributed by atoms with Crippen LogP contribution in [-0.2, 0) is 17.8 Å². The van der Waals surface area contributed by atoms with Gasteiger partial charge in [0.15, 0.2) is 0 Å². The van der Waals surface area contributed by atoms with Gasteiger partial charge in [0.05, 0.1) is 0 Å². The first kappa shape index (κ1) is 13.3. The number of allylic oxidation sites excluding steroid dienone is 1. The first-order valence-electron chi connectivity index (χ1n) is 7.58. The van der Waals surface area contributed by atoms with Crippen molar-refractivity contribution in [1.82, 2.24) is 19.7 Å². The summed E-state index contributed by atoms with van der Waals surface area (Å²) >= 11 is 0. The van der Waals surface area contributed by atoms with Gasteiger partial charge < -0.3 is 9.47 Å². The molecule has 1 aliphatic carbocycles. The first-order valence-corrected chi connectivity index (χ1v) is 7.58. The van der Waals surface area contributed by atoms with E-state index < -0.39 is 0 Å². The molecule has 0 aromatic carbocycles. The van der Waals surface area contributed by atoms with Crippen LogP contribution in [0.1, 0.15) is 43.8 Å². The molecule has 3 rings (SSSR count). The van der Waals surface area contributed by atoms with Crippen LogP contribution in [0, 0.1) is 6.92 Å². The van der Waals surface area contributed by atoms with Crippen molar-refractivity contribution in [2.24, 2.45) is 0 Å². The van der Waals surface area contributed by atoms with Gasteiger partial charge in [-0.25, -0.2) is 0 Å². The molecule has 0 fully saturated rings. The Kier molecular flexibility index (Phi) is 3.85. The quantitative estimate of drug-likeness (QED) is 0.774. The maximum Gasteiger partial charge on any atom is 0.226 e. The molecule has 0 spiro atoms. The number of rotatable bonds is 2. The van der Waals surface area contributed by atoms with E-state index in [2.05, 4.69) is 20.8 Å². The number of fused-ring (bicyclic) bond motifs is 1. The molecule has 0 unspecified atom stereocenters. The van der Waals surface area contributed by atoms with E-state index in [1.807, 2.05) is 11.8 Å². The third-order valence-electron chi connectivity index (χ3n) is 4.33. The third-order valence-corrected chi connectivity index (χ3v) is 4.33. The van der Waals surface area contributed by atoms with Gasteiger partial charge in [-0.1, -0.05) is 11.6 Å². The van der Waals surface area contributed by atoms with Crippen LogP contribution >= 0.6 is 0 Å². The molecule has 108 valence electrons. The Bertz CT molecular complexity index is 532. The Morgan fingerprint density at radius 2 is 2.10 bits per heavy atom. The zero-order valence-corrected chi connectivity index (χ0v) is 12.1. The fourth-order valence-corrected chi connectivity index (χ4v) is 3.09. The van der Waals surface area contributed by atoms with Gasteiger partial charge in [-0.2, -0.15) is 0 Å². The molecule has 0 saturated carbocycles. The molecule has 0 bridgehead atoms. The minimum absolute atomic E-state index is 0.273. The number of aryl methyl sites for hydroxylation is 1. The predicted molar refractivity (Wildman–Crippen MR) is 76.2 cm³/mol. The highest BCUT2D eigenvalue weighted by molar-refractivity contribution is 5.78. The van der Waals surface area contributed by atoms with Crippen molar-refractivity contribution in [3.8, 4) is 0 Å². The van der Waals surface area contributed by atoms with Crippen LogP contribution in [-0.4, -0.2) is 38.7 Å². The van der Waals surface area contributed by atoms with E-state index in [-0.39, 0.29) is 5.91 Å². The van der Waals surface area contributed by atoms with Crippen LogP contribution in [0.2, 0.25) is 0 Å². The number of amides is 1. The fourth-order valence-electron chi connectivity index (χ4n) is 3.09. The molecule has 5 heteroatoms. The highest BCUT2D eigenvalue weighted by Gasteiger charge is 2.21. The Hall–Kier alpha value is -1.65. The Morgan fingerprint density at radius 1 is 1.20 bits per heavy atom. The lowest BCUT2D eigenvalue weighted by molar-refractivity contribution is -0.130. The van der Waals surface area contributed by atoms with E-state index in [4.69, 9.17) is 0 Å². The topological polar surface area (TPSA) is 51.0 Å². The summed E-state index contributed by atoms with van der Waals surface area (Å²) in [5.74, 6) is 2.23. The maximum atomic E-state index is 12.4. The SMILES string of the molecule is Cc1nnc2n1CCN(C(=O)CC1=CCCCC1)CC2. The number of aromatic nitrogens is 3. The standard InChI is InChI=1S/C15H22N4O/c1-12-16-17-14-7-8-18(9-10-19(12)14)15(20)11-13-5-3-2-4-6-13/h5H,2-4,6-11H2,1H3. The largest absolute Gasteiger partial charge is 0.340 e. The average Bonchev–Trinajstić information content (AvgIpc) is 2.70. The van der Waals surface area contributed by atoms with Crippen molar-refractivity contribution >= 4 is 5.91 Å². The second-order valence-electron chi connectivity index (χ2n) is 5.73. The van der Waals surface area contributed by atoms with Crippen molar-refractivity contribution in [3.05, 3.63) is 23.3 Å². The smallest absolute Gasteiger partial charge is 0.226 e. The van der Waals surface area contributed by atoms with Crippen LogP contribution in [0.5, 0.6) is 0 Å². The first-order chi connectivity index (χ1) is 9.74. The van der Waals surface area contributed by atoms with Gasteiger partial charge >= 0.3 is 0 Å². The summed E-state index contributed by atoms with van der Waals surface area (Å²) in [4.78, 5) is 14.4. The summed E-state index contributed by atoms with van der Waals surface area (Å²) in [7, 11) is 0. The molecule has 1 amide bonds. The molecule has 0 N–H and O–H groups in total. The molecular formula is C15H22N4O. The summed E-state index contributed by atoms with van der Waals surface area (Å²) in [5.41, 5.74) is 1.33. The van der Waals surface area contributed by atoms with Gasteiger partial charge in [-0.05, 0) is 32.6 Å². The second kappa shape index (κ2) is 5.77. The molecule has 1 aromatic rings. The summed E-state index contributed by atoms with van der Waals surface area (Å²) in [6.45, 7) is 4.34. The minimum atomic E-state index is 0.273. The molecule has 0 radical (unpaired) electrons. The van der Waals surface area contributed by atoms with Crippen molar-refractivity contribution < 1.29 is 4.79 Å². The molecule has 20 heavy (non-hydrogen) atoms. The van der Waals surface area contributed by atoms with E-state index in [0.717, 1.165) is 50.5 Å². The van der Waals surface area contributed by atoms with Gasteiger partial charge in [-0.15, -0.1) is 10.2 Å². The van der Waals surface area contributed by atoms with Gasteiger partial charge in [0.1, 0.15) is 11.6 Å². The van der Waals surface area contributed by atoms with Crippen LogP contribution in [0.3, 0.4) is 0 Å². The van der Waals surface area contributed by atoms with Gasteiger partial charge in [-0.3, -0.25) is 4.79 Å². The average molecular weight is 274 g/mol. The monoisotopic (exact) mass is 274 g/mol. The van der Waals surface area contributed by atoms with E-state index in [9.17, 15) is 4.79 Å². The normalized spacial score (nSPS) is 19.2. The zero-order valence-electron chi connectivity index (χ0n) is 12.1. The molecular weight excluding hydrogens is 252 g/mol. The molecule has 0 saturated heterocycles. The zero-order chi connectivity index (χ0) is 13.9. The number of hydrogen-bond donors (Lipinski definition) is 0. The van der Waals surface area contributed by atoms with Crippen LogP contribution in [0.4, 0.5) is 0 Å². The predicted octanol–water partition coefficient (Wildman–Crippen LogP) is 1.86. The van der Waals surface area contributed by atoms with E-state index in [0.29, 0.717) is 6.42 Å². The van der Waals surface area contributed by atoms with Crippen LogP contribution in [0.15, 0.2) is 11.6 Å². The fraction of sp³-hybridized carbons (Fsp3) is 0.667. The van der Waals surface area contributed by atoms with Crippen LogP contribution < -0.4 is 0 Å². The van der Waals surface area contributed by atoms with Crippen LogP contribution in [0.25, 0.3) is 0 Å². The van der Waals surface area contributed by atoms with E-state index in [1.54, 1.807) is 0 Å². The number of carbonyl (C=O) groups is 1. The lowest BCUT2D eigenvalue weighted by Crippen LogP contribution is -2.34. The molecule has 1 aliphatic heterocycles. The van der Waals surface area contributed by atoms with Crippen molar-refractivity contribution in [2.75, 3.05) is 13.1 Å². The highest BCUT2D eigenvalue weighted by atomic mass is 16.2. The Labute approximate surface area is 119 Å². The van der Waals surface area contributed by atoms with E-state index >= 15 is 0 Å². The van der Waals surface area contributed by atoms with E-state index in [1.165, 1.54) is 18.4 Å². The molecule has 5 nitrogen and oxygen atoms in total. The van der Waals surface area contributed by atoms with Crippen molar-refractivity contribution in [3.63, 3.8) is 0 Å². The number of carbonyl (C=O) groups excluding carboxylic acids is 1. The molecule has 2 aliphatic rings. The lowest BCUT2D eigenvalue weighted by atomic mass is 9.97. The minimum Gasteiger partial charge on any atom is -0.340 e. The summed E-state index contributed by atoms with van der Waals surface area (Å²) < 4.78 is 2.13. The summed E-state index contributed by atoms with van der Waals surface area (Å²) in [6, 6.07) is 0. The highest BCUT2D eigenvalue weighted by Crippen LogP contribution is 2.21. The maximum absolute atomic E-state index is 12.4. The van der Waals surface area contributed by atoms with Gasteiger partial charge in [0.25, 0.3) is 0 Å². The third kappa shape index (κ3) is 2.76.